The number of halogens is 4. The van der Waals surface area contributed by atoms with Gasteiger partial charge in [-0.3, -0.25) is 4.90 Å². The van der Waals surface area contributed by atoms with Crippen LogP contribution in [0.4, 0.5) is 13.2 Å². The van der Waals surface area contributed by atoms with Gasteiger partial charge in [-0.2, -0.15) is 13.2 Å². The maximum atomic E-state index is 12.9. The van der Waals surface area contributed by atoms with E-state index in [0.29, 0.717) is 25.2 Å². The molecule has 0 atom stereocenters. The van der Waals surface area contributed by atoms with Crippen molar-refractivity contribution in [1.29, 1.82) is 0 Å². The molecule has 0 bridgehead atoms. The molecule has 0 fully saturated rings. The first-order chi connectivity index (χ1) is 10.3. The molecule has 22 heavy (non-hydrogen) atoms. The van der Waals surface area contributed by atoms with Gasteiger partial charge in [0.1, 0.15) is 5.75 Å². The van der Waals surface area contributed by atoms with E-state index < -0.39 is 11.7 Å². The van der Waals surface area contributed by atoms with Gasteiger partial charge in [0.15, 0.2) is 0 Å². The van der Waals surface area contributed by atoms with Crippen molar-refractivity contribution >= 4 is 11.6 Å². The van der Waals surface area contributed by atoms with Crippen LogP contribution in [0.5, 0.6) is 5.75 Å². The molecule has 0 saturated carbocycles. The predicted octanol–water partition coefficient (Wildman–Crippen LogP) is 4.58. The Morgan fingerprint density at radius 2 is 1.91 bits per heavy atom. The molecule has 1 N–H and O–H groups in total. The van der Waals surface area contributed by atoms with Crippen LogP contribution in [0.3, 0.4) is 0 Å². The molecule has 6 heteroatoms. The SMILES string of the molecule is Oc1cccc2c1CN(Cc1ccc(Cl)c(C(F)(F)F)c1)C2. The summed E-state index contributed by atoms with van der Waals surface area (Å²) >= 11 is 5.62. The molecule has 0 amide bonds. The molecule has 0 unspecified atom stereocenters. The number of fused-ring (bicyclic) bond motifs is 1. The fourth-order valence-corrected chi connectivity index (χ4v) is 2.95. The van der Waals surface area contributed by atoms with Gasteiger partial charge < -0.3 is 5.11 Å². The second-order valence-electron chi connectivity index (χ2n) is 5.37. The maximum absolute atomic E-state index is 12.9. The molecule has 116 valence electrons. The number of hydrogen-bond donors (Lipinski definition) is 1. The number of phenols is 1. The van der Waals surface area contributed by atoms with E-state index in [4.69, 9.17) is 11.6 Å². The molecule has 2 aromatic carbocycles. The second-order valence-corrected chi connectivity index (χ2v) is 5.78. The minimum absolute atomic E-state index is 0.229. The molecule has 1 aliphatic heterocycles. The van der Waals surface area contributed by atoms with E-state index in [1.165, 1.54) is 6.07 Å². The summed E-state index contributed by atoms with van der Waals surface area (Å²) in [5.41, 5.74) is 1.58. The van der Waals surface area contributed by atoms with Gasteiger partial charge in [0.25, 0.3) is 0 Å². The molecular formula is C16H13ClF3NO. The lowest BCUT2D eigenvalue weighted by Crippen LogP contribution is -2.16. The van der Waals surface area contributed by atoms with E-state index in [2.05, 4.69) is 0 Å². The van der Waals surface area contributed by atoms with Crippen LogP contribution in [-0.2, 0) is 25.8 Å². The van der Waals surface area contributed by atoms with Crippen LogP contribution in [0.2, 0.25) is 5.02 Å². The third kappa shape index (κ3) is 2.91. The summed E-state index contributed by atoms with van der Waals surface area (Å²) < 4.78 is 38.6. The first kappa shape index (κ1) is 15.2. The van der Waals surface area contributed by atoms with Gasteiger partial charge in [0.05, 0.1) is 10.6 Å². The van der Waals surface area contributed by atoms with E-state index in [1.54, 1.807) is 18.2 Å². The zero-order valence-corrected chi connectivity index (χ0v) is 12.2. The number of aromatic hydroxyl groups is 1. The van der Waals surface area contributed by atoms with Crippen LogP contribution in [0, 0.1) is 0 Å². The van der Waals surface area contributed by atoms with Gasteiger partial charge in [0.2, 0.25) is 0 Å². The molecule has 0 aliphatic carbocycles. The zero-order chi connectivity index (χ0) is 15.9. The summed E-state index contributed by atoms with van der Waals surface area (Å²) in [5, 5.41) is 9.52. The monoisotopic (exact) mass is 327 g/mol. The van der Waals surface area contributed by atoms with Crippen molar-refractivity contribution in [3.8, 4) is 5.75 Å². The largest absolute Gasteiger partial charge is 0.508 e. The predicted molar refractivity (Wildman–Crippen MR) is 77.5 cm³/mol. The molecule has 0 saturated heterocycles. The van der Waals surface area contributed by atoms with E-state index in [9.17, 15) is 18.3 Å². The fourth-order valence-electron chi connectivity index (χ4n) is 2.73. The van der Waals surface area contributed by atoms with Crippen LogP contribution in [0.1, 0.15) is 22.3 Å². The van der Waals surface area contributed by atoms with Crippen molar-refractivity contribution < 1.29 is 18.3 Å². The average molecular weight is 328 g/mol. The first-order valence-electron chi connectivity index (χ1n) is 6.72. The molecule has 2 aromatic rings. The highest BCUT2D eigenvalue weighted by molar-refractivity contribution is 6.31. The van der Waals surface area contributed by atoms with Crippen LogP contribution in [0.25, 0.3) is 0 Å². The quantitative estimate of drug-likeness (QED) is 0.872. The minimum Gasteiger partial charge on any atom is -0.508 e. The van der Waals surface area contributed by atoms with Crippen LogP contribution >= 0.6 is 11.6 Å². The van der Waals surface area contributed by atoms with Crippen molar-refractivity contribution in [3.05, 3.63) is 63.7 Å². The smallest absolute Gasteiger partial charge is 0.417 e. The van der Waals surface area contributed by atoms with Crippen molar-refractivity contribution in [2.24, 2.45) is 0 Å². The zero-order valence-electron chi connectivity index (χ0n) is 11.5. The minimum atomic E-state index is -4.46. The van der Waals surface area contributed by atoms with Crippen LogP contribution in [-0.4, -0.2) is 10.0 Å². The van der Waals surface area contributed by atoms with Gasteiger partial charge in [-0.15, -0.1) is 0 Å². The van der Waals surface area contributed by atoms with E-state index in [-0.39, 0.29) is 10.8 Å². The Hall–Kier alpha value is -1.72. The number of hydrogen-bond acceptors (Lipinski definition) is 2. The number of nitrogens with zero attached hydrogens (tertiary/aromatic N) is 1. The molecule has 0 aromatic heterocycles. The summed E-state index contributed by atoms with van der Waals surface area (Å²) in [4.78, 5) is 1.98. The molecule has 1 heterocycles. The lowest BCUT2D eigenvalue weighted by molar-refractivity contribution is -0.137. The van der Waals surface area contributed by atoms with Crippen molar-refractivity contribution in [2.45, 2.75) is 25.8 Å². The van der Waals surface area contributed by atoms with Gasteiger partial charge in [-0.05, 0) is 29.3 Å². The Labute approximate surface area is 130 Å². The summed E-state index contributed by atoms with van der Waals surface area (Å²) in [6.45, 7) is 1.49. The fraction of sp³-hybridized carbons (Fsp3) is 0.250. The lowest BCUT2D eigenvalue weighted by atomic mass is 10.1. The third-order valence-electron chi connectivity index (χ3n) is 3.77. The molecule has 0 spiro atoms. The van der Waals surface area contributed by atoms with E-state index in [0.717, 1.165) is 17.2 Å². The Kier molecular flexibility index (Phi) is 3.78. The summed E-state index contributed by atoms with van der Waals surface area (Å²) in [6.07, 6.45) is -4.46. The van der Waals surface area contributed by atoms with Crippen molar-refractivity contribution in [1.82, 2.24) is 4.90 Å². The van der Waals surface area contributed by atoms with Gasteiger partial charge in [0, 0.05) is 25.2 Å². The van der Waals surface area contributed by atoms with Crippen molar-refractivity contribution in [3.63, 3.8) is 0 Å². The molecule has 1 aliphatic rings. The lowest BCUT2D eigenvalue weighted by Gasteiger charge is -2.17. The Morgan fingerprint density at radius 1 is 1.14 bits per heavy atom. The third-order valence-corrected chi connectivity index (χ3v) is 4.10. The number of rotatable bonds is 2. The second kappa shape index (κ2) is 5.48. The topological polar surface area (TPSA) is 23.5 Å². The normalized spacial score (nSPS) is 15.1. The number of alkyl halides is 3. The Bertz CT molecular complexity index is 715. The standard InChI is InChI=1S/C16H13ClF3NO/c17-14-5-4-10(6-13(14)16(18,19)20)7-21-8-11-2-1-3-15(22)12(11)9-21/h1-6,22H,7-9H2. The molecule has 3 rings (SSSR count). The molecule has 2 nitrogen and oxygen atoms in total. The average Bonchev–Trinajstić information content (AvgIpc) is 2.84. The summed E-state index contributed by atoms with van der Waals surface area (Å²) in [7, 11) is 0. The highest BCUT2D eigenvalue weighted by Gasteiger charge is 2.33. The van der Waals surface area contributed by atoms with Gasteiger partial charge in [-0.1, -0.05) is 29.8 Å². The van der Waals surface area contributed by atoms with E-state index >= 15 is 0 Å². The Balaban J connectivity index is 1.80. The maximum Gasteiger partial charge on any atom is 0.417 e. The highest BCUT2D eigenvalue weighted by Crippen LogP contribution is 2.36. The van der Waals surface area contributed by atoms with Crippen LogP contribution < -0.4 is 0 Å². The molecular weight excluding hydrogens is 315 g/mol. The Morgan fingerprint density at radius 3 is 2.59 bits per heavy atom. The number of benzene rings is 2. The number of phenolic OH excluding ortho intramolecular Hbond substituents is 1. The van der Waals surface area contributed by atoms with Crippen LogP contribution in [0.15, 0.2) is 36.4 Å². The van der Waals surface area contributed by atoms with Gasteiger partial charge in [-0.25, -0.2) is 0 Å². The van der Waals surface area contributed by atoms with Gasteiger partial charge >= 0.3 is 6.18 Å². The van der Waals surface area contributed by atoms with Crippen molar-refractivity contribution in [2.75, 3.05) is 0 Å². The summed E-state index contributed by atoms with van der Waals surface area (Å²) in [5.74, 6) is 0.229. The highest BCUT2D eigenvalue weighted by atomic mass is 35.5. The first-order valence-corrected chi connectivity index (χ1v) is 7.10. The van der Waals surface area contributed by atoms with E-state index in [1.807, 2.05) is 11.0 Å². The summed E-state index contributed by atoms with van der Waals surface area (Å²) in [6, 6.07) is 9.26. The molecule has 0 radical (unpaired) electrons.